The molecule has 0 aliphatic carbocycles. The third-order valence-electron chi connectivity index (χ3n) is 3.73. The zero-order valence-corrected chi connectivity index (χ0v) is 11.4. The molecule has 1 saturated heterocycles. The number of likely N-dealkylation sites (N-methyl/N-ethyl adjacent to an activating group) is 1. The van der Waals surface area contributed by atoms with Crippen LogP contribution in [0.4, 0.5) is 0 Å². The number of rotatable bonds is 6. The van der Waals surface area contributed by atoms with E-state index >= 15 is 0 Å². The van der Waals surface area contributed by atoms with Crippen LogP contribution < -0.4 is 5.73 Å². The molecule has 4 heteroatoms. The molecule has 0 amide bonds. The average molecular weight is 244 g/mol. The molecule has 3 atom stereocenters. The van der Waals surface area contributed by atoms with E-state index in [1.807, 2.05) is 7.05 Å². The van der Waals surface area contributed by atoms with Crippen LogP contribution in [0.15, 0.2) is 0 Å². The third-order valence-corrected chi connectivity index (χ3v) is 3.73. The summed E-state index contributed by atoms with van der Waals surface area (Å²) in [6, 6.07) is 0.0362. The van der Waals surface area contributed by atoms with Crippen molar-refractivity contribution < 1.29 is 9.84 Å². The van der Waals surface area contributed by atoms with Gasteiger partial charge in [-0.2, -0.15) is 0 Å². The Morgan fingerprint density at radius 3 is 2.59 bits per heavy atom. The van der Waals surface area contributed by atoms with Gasteiger partial charge in [-0.1, -0.05) is 13.8 Å². The number of nitrogens with two attached hydrogens (primary N) is 1. The minimum atomic E-state index is 0.00795. The molecule has 102 valence electrons. The van der Waals surface area contributed by atoms with Crippen molar-refractivity contribution in [2.24, 2.45) is 11.7 Å². The van der Waals surface area contributed by atoms with Gasteiger partial charge in [0.1, 0.15) is 0 Å². The molecule has 4 nitrogen and oxygen atoms in total. The van der Waals surface area contributed by atoms with Crippen molar-refractivity contribution in [1.29, 1.82) is 0 Å². The molecule has 0 saturated carbocycles. The van der Waals surface area contributed by atoms with E-state index in [1.54, 1.807) is 0 Å². The molecule has 0 spiro atoms. The molecular formula is C13H28N2O2. The Morgan fingerprint density at radius 2 is 2.12 bits per heavy atom. The van der Waals surface area contributed by atoms with Crippen LogP contribution in [0.2, 0.25) is 0 Å². The van der Waals surface area contributed by atoms with Crippen LogP contribution in [-0.2, 0) is 4.74 Å². The third kappa shape index (κ3) is 4.54. The van der Waals surface area contributed by atoms with E-state index in [9.17, 15) is 5.11 Å². The van der Waals surface area contributed by atoms with Gasteiger partial charge in [0.25, 0.3) is 0 Å². The van der Waals surface area contributed by atoms with E-state index in [4.69, 9.17) is 10.5 Å². The number of ether oxygens (including phenoxy) is 1. The lowest BCUT2D eigenvalue weighted by Crippen LogP contribution is -2.53. The van der Waals surface area contributed by atoms with Gasteiger partial charge in [-0.3, -0.25) is 4.90 Å². The quantitative estimate of drug-likeness (QED) is 0.726. The van der Waals surface area contributed by atoms with E-state index in [1.165, 1.54) is 12.8 Å². The number of aliphatic hydroxyl groups excluding tert-OH is 1. The fourth-order valence-electron chi connectivity index (χ4n) is 2.41. The van der Waals surface area contributed by atoms with E-state index in [2.05, 4.69) is 18.7 Å². The Morgan fingerprint density at radius 1 is 1.41 bits per heavy atom. The molecule has 3 N–H and O–H groups in total. The molecule has 0 aromatic heterocycles. The molecule has 1 aliphatic rings. The minimum Gasteiger partial charge on any atom is -0.395 e. The van der Waals surface area contributed by atoms with E-state index < -0.39 is 0 Å². The molecule has 0 aromatic rings. The highest BCUT2D eigenvalue weighted by atomic mass is 16.5. The summed E-state index contributed by atoms with van der Waals surface area (Å²) in [5.74, 6) is 0.377. The molecule has 1 heterocycles. The summed E-state index contributed by atoms with van der Waals surface area (Å²) in [4.78, 5) is 2.15. The van der Waals surface area contributed by atoms with Gasteiger partial charge in [-0.15, -0.1) is 0 Å². The normalized spacial score (nSPS) is 25.2. The molecule has 3 unspecified atom stereocenters. The van der Waals surface area contributed by atoms with Crippen LogP contribution in [0.1, 0.15) is 33.1 Å². The van der Waals surface area contributed by atoms with E-state index in [0.717, 1.165) is 19.6 Å². The largest absolute Gasteiger partial charge is 0.395 e. The van der Waals surface area contributed by atoms with Gasteiger partial charge < -0.3 is 15.6 Å². The zero-order chi connectivity index (χ0) is 12.8. The predicted molar refractivity (Wildman–Crippen MR) is 69.9 cm³/mol. The molecule has 17 heavy (non-hydrogen) atoms. The summed E-state index contributed by atoms with van der Waals surface area (Å²) >= 11 is 0. The molecule has 0 radical (unpaired) electrons. The van der Waals surface area contributed by atoms with Crippen molar-refractivity contribution in [2.75, 3.05) is 26.8 Å². The number of hydrogen-bond donors (Lipinski definition) is 2. The van der Waals surface area contributed by atoms with Gasteiger partial charge in [0.05, 0.1) is 12.7 Å². The molecule has 1 rings (SSSR count). The van der Waals surface area contributed by atoms with Gasteiger partial charge in [-0.25, -0.2) is 0 Å². The average Bonchev–Trinajstić information content (AvgIpc) is 2.30. The maximum atomic E-state index is 9.48. The highest BCUT2D eigenvalue weighted by Gasteiger charge is 2.26. The first-order valence-corrected chi connectivity index (χ1v) is 6.74. The van der Waals surface area contributed by atoms with Crippen LogP contribution in [0.3, 0.4) is 0 Å². The summed E-state index contributed by atoms with van der Waals surface area (Å²) in [5.41, 5.74) is 6.13. The van der Waals surface area contributed by atoms with Gasteiger partial charge in [-0.05, 0) is 32.2 Å². The second-order valence-electron chi connectivity index (χ2n) is 5.50. The topological polar surface area (TPSA) is 58.7 Å². The molecule has 0 bridgehead atoms. The Hall–Kier alpha value is -0.160. The van der Waals surface area contributed by atoms with Crippen molar-refractivity contribution in [3.05, 3.63) is 0 Å². The molecular weight excluding hydrogens is 216 g/mol. The maximum Gasteiger partial charge on any atom is 0.0702 e. The lowest BCUT2D eigenvalue weighted by atomic mass is 9.96. The molecule has 1 fully saturated rings. The second kappa shape index (κ2) is 7.31. The Kier molecular flexibility index (Phi) is 6.41. The van der Waals surface area contributed by atoms with Crippen molar-refractivity contribution in [3.8, 4) is 0 Å². The van der Waals surface area contributed by atoms with Crippen LogP contribution in [-0.4, -0.2) is 55.0 Å². The van der Waals surface area contributed by atoms with Gasteiger partial charge in [0.2, 0.25) is 0 Å². The fourth-order valence-corrected chi connectivity index (χ4v) is 2.41. The highest BCUT2D eigenvalue weighted by Crippen LogP contribution is 2.16. The SMILES string of the molecule is CC(C)C(N)C(CO)N(C)CC1CCCCO1. The lowest BCUT2D eigenvalue weighted by Gasteiger charge is -2.36. The number of hydrogen-bond acceptors (Lipinski definition) is 4. The van der Waals surface area contributed by atoms with Crippen LogP contribution in [0.25, 0.3) is 0 Å². The van der Waals surface area contributed by atoms with Gasteiger partial charge >= 0.3 is 0 Å². The Balaban J connectivity index is 2.44. The van der Waals surface area contributed by atoms with Crippen LogP contribution >= 0.6 is 0 Å². The first kappa shape index (κ1) is 14.9. The maximum absolute atomic E-state index is 9.48. The lowest BCUT2D eigenvalue weighted by molar-refractivity contribution is -0.0168. The standard InChI is InChI=1S/C13H28N2O2/c1-10(2)13(14)12(9-16)15(3)8-11-6-4-5-7-17-11/h10-13,16H,4-9,14H2,1-3H3. The zero-order valence-electron chi connectivity index (χ0n) is 11.4. The predicted octanol–water partition coefficient (Wildman–Crippen LogP) is 0.832. The van der Waals surface area contributed by atoms with E-state index in [0.29, 0.717) is 12.0 Å². The van der Waals surface area contributed by atoms with Gasteiger partial charge in [0, 0.05) is 25.2 Å². The highest BCUT2D eigenvalue weighted by molar-refractivity contribution is 4.84. The van der Waals surface area contributed by atoms with Crippen molar-refractivity contribution in [1.82, 2.24) is 4.90 Å². The summed E-state index contributed by atoms with van der Waals surface area (Å²) in [6.45, 7) is 6.04. The Bertz CT molecular complexity index is 206. The van der Waals surface area contributed by atoms with Crippen LogP contribution in [0.5, 0.6) is 0 Å². The monoisotopic (exact) mass is 244 g/mol. The fraction of sp³-hybridized carbons (Fsp3) is 1.00. The van der Waals surface area contributed by atoms with E-state index in [-0.39, 0.29) is 18.7 Å². The first-order chi connectivity index (χ1) is 8.06. The van der Waals surface area contributed by atoms with Crippen molar-refractivity contribution in [3.63, 3.8) is 0 Å². The van der Waals surface area contributed by atoms with Crippen molar-refractivity contribution in [2.45, 2.75) is 51.3 Å². The van der Waals surface area contributed by atoms with Crippen molar-refractivity contribution >= 4 is 0 Å². The van der Waals surface area contributed by atoms with Gasteiger partial charge in [0.15, 0.2) is 0 Å². The summed E-state index contributed by atoms with van der Waals surface area (Å²) < 4.78 is 5.72. The smallest absolute Gasteiger partial charge is 0.0702 e. The molecule has 0 aromatic carbocycles. The van der Waals surface area contributed by atoms with Crippen LogP contribution in [0, 0.1) is 5.92 Å². The summed E-state index contributed by atoms with van der Waals surface area (Å²) in [6.07, 6.45) is 3.86. The minimum absolute atomic E-state index is 0.00795. The number of nitrogens with zero attached hydrogens (tertiary/aromatic N) is 1. The summed E-state index contributed by atoms with van der Waals surface area (Å²) in [5, 5.41) is 9.48. The second-order valence-corrected chi connectivity index (χ2v) is 5.50. The summed E-state index contributed by atoms with van der Waals surface area (Å²) in [7, 11) is 2.03. The first-order valence-electron chi connectivity index (χ1n) is 6.74. The number of aliphatic hydroxyl groups is 1. The Labute approximate surface area is 105 Å². The molecule has 1 aliphatic heterocycles.